The standard InChI is InChI=1S/C13H20FN3O2S/c1-9(2)7-16-13(15)17-8-10-6-11(20(3,18)19)4-5-12(10)14/h4-6,9H,7-8H2,1-3H3,(H3,15,16,17). The van der Waals surface area contributed by atoms with Gasteiger partial charge in [0.15, 0.2) is 15.8 Å². The number of aliphatic imine (C=N–C) groups is 1. The van der Waals surface area contributed by atoms with Crippen LogP contribution in [0.25, 0.3) is 0 Å². The lowest BCUT2D eigenvalue weighted by molar-refractivity contribution is 0.596. The second-order valence-electron chi connectivity index (χ2n) is 5.00. The SMILES string of the molecule is CC(C)CNC(N)=NCc1cc(S(C)(=O)=O)ccc1F. The molecule has 0 aliphatic heterocycles. The van der Waals surface area contributed by atoms with Gasteiger partial charge in [-0.15, -0.1) is 0 Å². The van der Waals surface area contributed by atoms with Crippen LogP contribution in [0.2, 0.25) is 0 Å². The van der Waals surface area contributed by atoms with Crippen LogP contribution in [-0.2, 0) is 16.4 Å². The first-order valence-electron chi connectivity index (χ1n) is 6.22. The molecule has 0 spiro atoms. The summed E-state index contributed by atoms with van der Waals surface area (Å²) in [6.07, 6.45) is 1.08. The predicted molar refractivity (Wildman–Crippen MR) is 77.7 cm³/mol. The fraction of sp³-hybridized carbons (Fsp3) is 0.462. The molecule has 0 saturated carbocycles. The number of hydrogen-bond donors (Lipinski definition) is 2. The van der Waals surface area contributed by atoms with Gasteiger partial charge in [0.2, 0.25) is 0 Å². The third-order valence-corrected chi connectivity index (χ3v) is 3.67. The van der Waals surface area contributed by atoms with Crippen LogP contribution >= 0.6 is 0 Å². The van der Waals surface area contributed by atoms with E-state index in [9.17, 15) is 12.8 Å². The highest BCUT2D eigenvalue weighted by molar-refractivity contribution is 7.90. The van der Waals surface area contributed by atoms with Gasteiger partial charge in [-0.2, -0.15) is 0 Å². The molecule has 7 heteroatoms. The molecule has 0 bridgehead atoms. The van der Waals surface area contributed by atoms with Crippen LogP contribution in [0, 0.1) is 11.7 Å². The lowest BCUT2D eigenvalue weighted by atomic mass is 10.2. The Hall–Kier alpha value is -1.63. The van der Waals surface area contributed by atoms with Crippen molar-refractivity contribution >= 4 is 15.8 Å². The normalized spacial score (nSPS) is 12.8. The molecular weight excluding hydrogens is 281 g/mol. The third-order valence-electron chi connectivity index (χ3n) is 2.56. The average molecular weight is 301 g/mol. The number of sulfone groups is 1. The van der Waals surface area contributed by atoms with Gasteiger partial charge in [-0.1, -0.05) is 13.8 Å². The van der Waals surface area contributed by atoms with E-state index in [2.05, 4.69) is 10.3 Å². The quantitative estimate of drug-likeness (QED) is 0.487. The fourth-order valence-electron chi connectivity index (χ4n) is 1.44. The number of nitrogens with two attached hydrogens (primary N) is 1. The van der Waals surface area contributed by atoms with E-state index in [1.807, 2.05) is 13.8 Å². The molecule has 1 aromatic carbocycles. The molecule has 0 aliphatic rings. The van der Waals surface area contributed by atoms with Gasteiger partial charge < -0.3 is 11.1 Å². The van der Waals surface area contributed by atoms with Crippen molar-refractivity contribution < 1.29 is 12.8 Å². The molecule has 0 unspecified atom stereocenters. The Kier molecular flexibility index (Phi) is 5.50. The van der Waals surface area contributed by atoms with Crippen molar-refractivity contribution in [3.05, 3.63) is 29.6 Å². The minimum atomic E-state index is -3.36. The molecule has 0 saturated heterocycles. The Bertz CT molecular complexity index is 598. The minimum Gasteiger partial charge on any atom is -0.370 e. The summed E-state index contributed by atoms with van der Waals surface area (Å²) < 4.78 is 36.4. The zero-order valence-corrected chi connectivity index (χ0v) is 12.7. The first-order chi connectivity index (χ1) is 9.20. The second-order valence-corrected chi connectivity index (χ2v) is 7.02. The first-order valence-corrected chi connectivity index (χ1v) is 8.11. The summed E-state index contributed by atoms with van der Waals surface area (Å²) in [6.45, 7) is 4.71. The number of nitrogens with zero attached hydrogens (tertiary/aromatic N) is 1. The summed E-state index contributed by atoms with van der Waals surface area (Å²) in [5.74, 6) is 0.120. The maximum atomic E-state index is 13.6. The number of halogens is 1. The van der Waals surface area contributed by atoms with Gasteiger partial charge in [0.25, 0.3) is 0 Å². The van der Waals surface area contributed by atoms with Crippen LogP contribution in [0.5, 0.6) is 0 Å². The number of nitrogens with one attached hydrogen (secondary N) is 1. The minimum absolute atomic E-state index is 0.00782. The Morgan fingerprint density at radius 3 is 2.65 bits per heavy atom. The Balaban J connectivity index is 2.84. The van der Waals surface area contributed by atoms with Crippen LogP contribution < -0.4 is 11.1 Å². The topological polar surface area (TPSA) is 84.5 Å². The van der Waals surface area contributed by atoms with E-state index >= 15 is 0 Å². The summed E-state index contributed by atoms with van der Waals surface area (Å²) in [7, 11) is -3.36. The van der Waals surface area contributed by atoms with E-state index in [0.29, 0.717) is 12.5 Å². The van der Waals surface area contributed by atoms with Gasteiger partial charge in [-0.25, -0.2) is 17.8 Å². The van der Waals surface area contributed by atoms with Crippen molar-refractivity contribution in [1.29, 1.82) is 0 Å². The summed E-state index contributed by atoms with van der Waals surface area (Å²) in [5.41, 5.74) is 5.84. The van der Waals surface area contributed by atoms with Crippen molar-refractivity contribution in [2.45, 2.75) is 25.3 Å². The highest BCUT2D eigenvalue weighted by Gasteiger charge is 2.10. The number of hydrogen-bond acceptors (Lipinski definition) is 3. The van der Waals surface area contributed by atoms with Crippen molar-refractivity contribution in [2.75, 3.05) is 12.8 Å². The smallest absolute Gasteiger partial charge is 0.188 e. The maximum Gasteiger partial charge on any atom is 0.188 e. The Morgan fingerprint density at radius 2 is 2.10 bits per heavy atom. The van der Waals surface area contributed by atoms with E-state index < -0.39 is 15.7 Å². The molecule has 0 fully saturated rings. The van der Waals surface area contributed by atoms with E-state index in [4.69, 9.17) is 5.73 Å². The molecule has 0 atom stereocenters. The maximum absolute atomic E-state index is 13.6. The van der Waals surface area contributed by atoms with Crippen LogP contribution in [0.1, 0.15) is 19.4 Å². The summed E-state index contributed by atoms with van der Waals surface area (Å²) >= 11 is 0. The fourth-order valence-corrected chi connectivity index (χ4v) is 2.11. The number of rotatable bonds is 5. The highest BCUT2D eigenvalue weighted by atomic mass is 32.2. The molecular formula is C13H20FN3O2S. The van der Waals surface area contributed by atoms with Crippen LogP contribution in [0.15, 0.2) is 28.1 Å². The summed E-state index contributed by atoms with van der Waals surface area (Å²) in [6, 6.07) is 3.64. The molecule has 3 N–H and O–H groups in total. The molecule has 0 heterocycles. The summed E-state index contributed by atoms with van der Waals surface area (Å²) in [5, 5.41) is 2.90. The van der Waals surface area contributed by atoms with Crippen LogP contribution in [0.3, 0.4) is 0 Å². The van der Waals surface area contributed by atoms with Crippen molar-refractivity contribution in [2.24, 2.45) is 16.6 Å². The third kappa shape index (κ3) is 5.16. The molecule has 1 aromatic rings. The monoisotopic (exact) mass is 301 g/mol. The highest BCUT2D eigenvalue weighted by Crippen LogP contribution is 2.15. The largest absolute Gasteiger partial charge is 0.370 e. The average Bonchev–Trinajstić information content (AvgIpc) is 2.33. The molecule has 5 nitrogen and oxygen atoms in total. The van der Waals surface area contributed by atoms with Gasteiger partial charge in [-0.05, 0) is 24.1 Å². The lowest BCUT2D eigenvalue weighted by Gasteiger charge is -2.08. The zero-order valence-electron chi connectivity index (χ0n) is 11.9. The van der Waals surface area contributed by atoms with Gasteiger partial charge in [0.1, 0.15) is 5.82 Å². The predicted octanol–water partition coefficient (Wildman–Crippen LogP) is 1.29. The molecule has 0 amide bonds. The van der Waals surface area contributed by atoms with E-state index in [1.54, 1.807) is 0 Å². The van der Waals surface area contributed by atoms with Gasteiger partial charge in [0, 0.05) is 18.4 Å². The molecule has 0 aliphatic carbocycles. The van der Waals surface area contributed by atoms with Gasteiger partial charge >= 0.3 is 0 Å². The van der Waals surface area contributed by atoms with Gasteiger partial charge in [0.05, 0.1) is 11.4 Å². The molecule has 1 rings (SSSR count). The van der Waals surface area contributed by atoms with Crippen molar-refractivity contribution in [3.8, 4) is 0 Å². The Morgan fingerprint density at radius 1 is 1.45 bits per heavy atom. The Labute approximate surface area is 119 Å². The van der Waals surface area contributed by atoms with Crippen LogP contribution in [-0.4, -0.2) is 27.2 Å². The zero-order chi connectivity index (χ0) is 15.3. The van der Waals surface area contributed by atoms with E-state index in [-0.39, 0.29) is 23.0 Å². The number of guanidine groups is 1. The van der Waals surface area contributed by atoms with Gasteiger partial charge in [-0.3, -0.25) is 0 Å². The first kappa shape index (κ1) is 16.4. The summed E-state index contributed by atoms with van der Waals surface area (Å²) in [4.78, 5) is 4.07. The molecule has 0 radical (unpaired) electrons. The van der Waals surface area contributed by atoms with Crippen molar-refractivity contribution in [1.82, 2.24) is 5.32 Å². The molecule has 20 heavy (non-hydrogen) atoms. The van der Waals surface area contributed by atoms with Crippen LogP contribution in [0.4, 0.5) is 4.39 Å². The lowest BCUT2D eigenvalue weighted by Crippen LogP contribution is -2.34. The van der Waals surface area contributed by atoms with Crippen molar-refractivity contribution in [3.63, 3.8) is 0 Å². The van der Waals surface area contributed by atoms with E-state index in [0.717, 1.165) is 12.3 Å². The number of benzene rings is 1. The molecule has 112 valence electrons. The second kappa shape index (κ2) is 6.69. The molecule has 0 aromatic heterocycles. The van der Waals surface area contributed by atoms with E-state index in [1.165, 1.54) is 12.1 Å².